The Morgan fingerprint density at radius 3 is 2.72 bits per heavy atom. The number of methoxy groups -OCH3 is 1. The molecule has 0 spiro atoms. The average Bonchev–Trinajstić information content (AvgIpc) is 2.43. The normalized spacial score (nSPS) is 25.8. The Bertz CT molecular complexity index is 258. The summed E-state index contributed by atoms with van der Waals surface area (Å²) in [4.78, 5) is 14.1. The zero-order valence-electron chi connectivity index (χ0n) is 12.0. The first-order valence-electron chi connectivity index (χ1n) is 7.08. The lowest BCUT2D eigenvalue weighted by molar-refractivity contribution is -0.134. The average molecular weight is 256 g/mol. The van der Waals surface area contributed by atoms with E-state index in [1.54, 1.807) is 7.11 Å². The third-order valence-corrected chi connectivity index (χ3v) is 4.23. The largest absolute Gasteiger partial charge is 0.382 e. The van der Waals surface area contributed by atoms with Crippen molar-refractivity contribution in [2.45, 2.75) is 57.6 Å². The summed E-state index contributed by atoms with van der Waals surface area (Å²) in [6.45, 7) is 2.69. The quantitative estimate of drug-likeness (QED) is 0.788. The highest BCUT2D eigenvalue weighted by Gasteiger charge is 2.29. The molecule has 1 aliphatic rings. The summed E-state index contributed by atoms with van der Waals surface area (Å²) in [7, 11) is 3.61. The second kappa shape index (κ2) is 7.74. The lowest BCUT2D eigenvalue weighted by Crippen LogP contribution is -2.46. The molecule has 0 aliphatic heterocycles. The van der Waals surface area contributed by atoms with E-state index >= 15 is 0 Å². The Kier molecular flexibility index (Phi) is 6.65. The molecule has 1 saturated carbocycles. The van der Waals surface area contributed by atoms with Gasteiger partial charge in [-0.3, -0.25) is 4.79 Å². The smallest absolute Gasteiger partial charge is 0.222 e. The van der Waals surface area contributed by atoms with Crippen molar-refractivity contribution in [3.05, 3.63) is 0 Å². The monoisotopic (exact) mass is 256 g/mol. The molecule has 0 bridgehead atoms. The van der Waals surface area contributed by atoms with Crippen LogP contribution in [-0.4, -0.2) is 43.7 Å². The first-order valence-corrected chi connectivity index (χ1v) is 7.08. The molecule has 4 heteroatoms. The Morgan fingerprint density at radius 1 is 1.44 bits per heavy atom. The van der Waals surface area contributed by atoms with Crippen molar-refractivity contribution in [3.8, 4) is 0 Å². The molecule has 1 aliphatic carbocycles. The summed E-state index contributed by atoms with van der Waals surface area (Å²) >= 11 is 0. The minimum absolute atomic E-state index is 0.152. The third kappa shape index (κ3) is 4.25. The fourth-order valence-electron chi connectivity index (χ4n) is 2.78. The molecule has 106 valence electrons. The van der Waals surface area contributed by atoms with E-state index in [1.807, 2.05) is 18.9 Å². The van der Waals surface area contributed by atoms with Gasteiger partial charge in [-0.1, -0.05) is 12.8 Å². The van der Waals surface area contributed by atoms with Gasteiger partial charge in [0, 0.05) is 26.6 Å². The summed E-state index contributed by atoms with van der Waals surface area (Å²) in [6.07, 6.45) is 6.24. The minimum atomic E-state index is 0.152. The van der Waals surface area contributed by atoms with E-state index in [0.717, 1.165) is 19.3 Å². The van der Waals surface area contributed by atoms with Crippen LogP contribution < -0.4 is 5.73 Å². The van der Waals surface area contributed by atoms with Crippen molar-refractivity contribution in [1.82, 2.24) is 4.90 Å². The van der Waals surface area contributed by atoms with Gasteiger partial charge in [0.25, 0.3) is 0 Å². The van der Waals surface area contributed by atoms with Crippen molar-refractivity contribution in [1.29, 1.82) is 0 Å². The number of hydrogen-bond acceptors (Lipinski definition) is 3. The molecule has 3 atom stereocenters. The summed E-state index contributed by atoms with van der Waals surface area (Å²) < 4.78 is 5.18. The Hall–Kier alpha value is -0.610. The molecule has 0 saturated heterocycles. The molecule has 1 rings (SSSR count). The summed E-state index contributed by atoms with van der Waals surface area (Å²) in [5.41, 5.74) is 5.82. The van der Waals surface area contributed by atoms with E-state index in [0.29, 0.717) is 24.9 Å². The predicted molar refractivity (Wildman–Crippen MR) is 73.3 cm³/mol. The van der Waals surface area contributed by atoms with Crippen LogP contribution in [-0.2, 0) is 9.53 Å². The van der Waals surface area contributed by atoms with Crippen LogP contribution in [0.25, 0.3) is 0 Å². The molecule has 3 unspecified atom stereocenters. The van der Waals surface area contributed by atoms with Crippen molar-refractivity contribution in [2.24, 2.45) is 11.7 Å². The zero-order chi connectivity index (χ0) is 13.5. The molecule has 1 fully saturated rings. The number of carbonyl (C=O) groups is 1. The summed E-state index contributed by atoms with van der Waals surface area (Å²) in [6, 6.07) is 0.342. The number of amides is 1. The van der Waals surface area contributed by atoms with E-state index in [-0.39, 0.29) is 12.0 Å². The van der Waals surface area contributed by atoms with Crippen LogP contribution in [0.2, 0.25) is 0 Å². The van der Waals surface area contributed by atoms with Gasteiger partial charge in [0.2, 0.25) is 5.91 Å². The van der Waals surface area contributed by atoms with E-state index in [1.165, 1.54) is 12.8 Å². The van der Waals surface area contributed by atoms with Crippen LogP contribution in [0.15, 0.2) is 0 Å². The lowest BCUT2D eigenvalue weighted by atomic mass is 9.83. The molecule has 1 amide bonds. The number of nitrogens with zero attached hydrogens (tertiary/aromatic N) is 1. The third-order valence-electron chi connectivity index (χ3n) is 4.23. The zero-order valence-corrected chi connectivity index (χ0v) is 12.0. The van der Waals surface area contributed by atoms with Crippen molar-refractivity contribution in [3.63, 3.8) is 0 Å². The molecular weight excluding hydrogens is 228 g/mol. The van der Waals surface area contributed by atoms with E-state index in [9.17, 15) is 4.79 Å². The second-order valence-corrected chi connectivity index (χ2v) is 5.44. The fourth-order valence-corrected chi connectivity index (χ4v) is 2.78. The molecule has 0 radical (unpaired) electrons. The van der Waals surface area contributed by atoms with Crippen LogP contribution in [0.3, 0.4) is 0 Å². The predicted octanol–water partition coefficient (Wildman–Crippen LogP) is 1.78. The van der Waals surface area contributed by atoms with Gasteiger partial charge >= 0.3 is 0 Å². The highest BCUT2D eigenvalue weighted by Crippen LogP contribution is 2.27. The second-order valence-electron chi connectivity index (χ2n) is 5.44. The Labute approximate surface area is 111 Å². The number of rotatable bonds is 6. The standard InChI is InChI=1S/C14H28N2O2/c1-11(18-3)8-9-14(17)16(2)13-7-5-4-6-12(13)10-15/h11-13H,4-10,15H2,1-3H3. The summed E-state index contributed by atoms with van der Waals surface area (Å²) in [5.74, 6) is 0.705. The Balaban J connectivity index is 2.45. The topological polar surface area (TPSA) is 55.6 Å². The van der Waals surface area contributed by atoms with E-state index in [4.69, 9.17) is 10.5 Å². The van der Waals surface area contributed by atoms with Crippen LogP contribution in [0.4, 0.5) is 0 Å². The van der Waals surface area contributed by atoms with Gasteiger partial charge in [-0.2, -0.15) is 0 Å². The fraction of sp³-hybridized carbons (Fsp3) is 0.929. The van der Waals surface area contributed by atoms with Gasteiger partial charge in [0.15, 0.2) is 0 Å². The van der Waals surface area contributed by atoms with Gasteiger partial charge in [-0.25, -0.2) is 0 Å². The molecule has 18 heavy (non-hydrogen) atoms. The van der Waals surface area contributed by atoms with Crippen LogP contribution in [0.1, 0.15) is 45.4 Å². The molecule has 0 heterocycles. The van der Waals surface area contributed by atoms with Crippen molar-refractivity contribution >= 4 is 5.91 Å². The van der Waals surface area contributed by atoms with Crippen molar-refractivity contribution in [2.75, 3.05) is 20.7 Å². The molecule has 0 aromatic heterocycles. The first kappa shape index (κ1) is 15.4. The Morgan fingerprint density at radius 2 is 2.11 bits per heavy atom. The molecule has 0 aromatic carbocycles. The molecular formula is C14H28N2O2. The van der Waals surface area contributed by atoms with Crippen LogP contribution in [0.5, 0.6) is 0 Å². The highest BCUT2D eigenvalue weighted by atomic mass is 16.5. The van der Waals surface area contributed by atoms with Gasteiger partial charge in [-0.05, 0) is 38.6 Å². The molecule has 0 aromatic rings. The highest BCUT2D eigenvalue weighted by molar-refractivity contribution is 5.76. The number of nitrogens with two attached hydrogens (primary N) is 1. The van der Waals surface area contributed by atoms with Crippen LogP contribution >= 0.6 is 0 Å². The lowest BCUT2D eigenvalue weighted by Gasteiger charge is -2.37. The first-order chi connectivity index (χ1) is 8.60. The van der Waals surface area contributed by atoms with Gasteiger partial charge in [-0.15, -0.1) is 0 Å². The minimum Gasteiger partial charge on any atom is -0.382 e. The maximum Gasteiger partial charge on any atom is 0.222 e. The molecule has 2 N–H and O–H groups in total. The number of carbonyl (C=O) groups excluding carboxylic acids is 1. The van der Waals surface area contributed by atoms with Gasteiger partial charge < -0.3 is 15.4 Å². The summed E-state index contributed by atoms with van der Waals surface area (Å²) in [5, 5.41) is 0. The number of ether oxygens (including phenoxy) is 1. The van der Waals surface area contributed by atoms with E-state index < -0.39 is 0 Å². The number of hydrogen-bond donors (Lipinski definition) is 1. The maximum atomic E-state index is 12.2. The van der Waals surface area contributed by atoms with Gasteiger partial charge in [0.05, 0.1) is 6.10 Å². The SMILES string of the molecule is COC(C)CCC(=O)N(C)C1CCCCC1CN. The van der Waals surface area contributed by atoms with Gasteiger partial charge in [0.1, 0.15) is 0 Å². The maximum absolute atomic E-state index is 12.2. The van der Waals surface area contributed by atoms with Crippen molar-refractivity contribution < 1.29 is 9.53 Å². The van der Waals surface area contributed by atoms with E-state index in [2.05, 4.69) is 0 Å². The van der Waals surface area contributed by atoms with Crippen LogP contribution in [0, 0.1) is 5.92 Å². The molecule has 4 nitrogen and oxygen atoms in total.